The van der Waals surface area contributed by atoms with Crippen molar-refractivity contribution in [2.24, 2.45) is 0 Å². The van der Waals surface area contributed by atoms with Crippen LogP contribution in [-0.2, 0) is 4.79 Å². The molecule has 1 aliphatic rings. The van der Waals surface area contributed by atoms with E-state index in [4.69, 9.17) is 0 Å². The molecule has 6 heteroatoms. The highest BCUT2D eigenvalue weighted by Crippen LogP contribution is 2.12. The maximum Gasteiger partial charge on any atom is 0.401 e. The molecule has 0 radical (unpaired) electrons. The topological polar surface area (TPSA) is 32.3 Å². The quantitative estimate of drug-likeness (QED) is 0.753. The van der Waals surface area contributed by atoms with Gasteiger partial charge in [-0.2, -0.15) is 13.2 Å². The molecule has 0 unspecified atom stereocenters. The molecule has 16 heavy (non-hydrogen) atoms. The molecule has 0 aromatic rings. The molecule has 1 saturated heterocycles. The van der Waals surface area contributed by atoms with Crippen LogP contribution in [0.3, 0.4) is 0 Å². The van der Waals surface area contributed by atoms with Gasteiger partial charge in [0.2, 0.25) is 5.91 Å². The SMILES string of the molecule is O=C(CCNCC(F)(F)F)N1CCCCC1. The van der Waals surface area contributed by atoms with Gasteiger partial charge < -0.3 is 10.2 Å². The summed E-state index contributed by atoms with van der Waals surface area (Å²) in [6.07, 6.45) is -0.913. The van der Waals surface area contributed by atoms with Crippen LogP contribution in [0.5, 0.6) is 0 Å². The van der Waals surface area contributed by atoms with E-state index in [9.17, 15) is 18.0 Å². The van der Waals surface area contributed by atoms with E-state index in [1.54, 1.807) is 4.90 Å². The van der Waals surface area contributed by atoms with Gasteiger partial charge in [-0.25, -0.2) is 0 Å². The van der Waals surface area contributed by atoms with Gasteiger partial charge in [-0.05, 0) is 19.3 Å². The van der Waals surface area contributed by atoms with Gasteiger partial charge in [0.15, 0.2) is 0 Å². The Balaban J connectivity index is 2.10. The average molecular weight is 238 g/mol. The number of halogens is 3. The molecule has 94 valence electrons. The van der Waals surface area contributed by atoms with Gasteiger partial charge in [0.25, 0.3) is 0 Å². The fraction of sp³-hybridized carbons (Fsp3) is 0.900. The first-order chi connectivity index (χ1) is 7.49. The predicted molar refractivity (Wildman–Crippen MR) is 54.0 cm³/mol. The molecule has 0 aliphatic carbocycles. The molecule has 0 atom stereocenters. The summed E-state index contributed by atoms with van der Waals surface area (Å²) in [6, 6.07) is 0. The number of rotatable bonds is 4. The Morgan fingerprint density at radius 2 is 1.81 bits per heavy atom. The molecule has 0 aromatic heterocycles. The van der Waals surface area contributed by atoms with Crippen molar-refractivity contribution < 1.29 is 18.0 Å². The lowest BCUT2D eigenvalue weighted by atomic mass is 10.1. The van der Waals surface area contributed by atoms with Crippen LogP contribution in [0.4, 0.5) is 13.2 Å². The van der Waals surface area contributed by atoms with Gasteiger partial charge in [0, 0.05) is 26.1 Å². The van der Waals surface area contributed by atoms with Gasteiger partial charge in [0.1, 0.15) is 0 Å². The van der Waals surface area contributed by atoms with Crippen LogP contribution in [0.2, 0.25) is 0 Å². The number of amides is 1. The fourth-order valence-corrected chi connectivity index (χ4v) is 1.73. The standard InChI is InChI=1S/C10H17F3N2O/c11-10(12,13)8-14-5-4-9(16)15-6-2-1-3-7-15/h14H,1-8H2. The van der Waals surface area contributed by atoms with Gasteiger partial charge in [-0.3, -0.25) is 4.79 Å². The van der Waals surface area contributed by atoms with Crippen LogP contribution in [-0.4, -0.2) is 43.2 Å². The van der Waals surface area contributed by atoms with Gasteiger partial charge in [-0.1, -0.05) is 0 Å². The third-order valence-corrected chi connectivity index (χ3v) is 2.55. The largest absolute Gasteiger partial charge is 0.401 e. The molecule has 0 spiro atoms. The minimum absolute atomic E-state index is 0.0469. The molecule has 1 heterocycles. The summed E-state index contributed by atoms with van der Waals surface area (Å²) < 4.78 is 35.3. The van der Waals surface area contributed by atoms with Crippen LogP contribution >= 0.6 is 0 Å². The number of nitrogens with one attached hydrogen (secondary N) is 1. The van der Waals surface area contributed by atoms with Gasteiger partial charge in [0.05, 0.1) is 6.54 Å². The first-order valence-electron chi connectivity index (χ1n) is 5.54. The maximum absolute atomic E-state index is 11.8. The highest BCUT2D eigenvalue weighted by atomic mass is 19.4. The highest BCUT2D eigenvalue weighted by molar-refractivity contribution is 5.76. The van der Waals surface area contributed by atoms with E-state index in [0.29, 0.717) is 0 Å². The van der Waals surface area contributed by atoms with E-state index in [-0.39, 0.29) is 18.9 Å². The zero-order valence-corrected chi connectivity index (χ0v) is 9.15. The summed E-state index contributed by atoms with van der Waals surface area (Å²) in [5.74, 6) is -0.0469. The minimum atomic E-state index is -4.20. The zero-order valence-electron chi connectivity index (χ0n) is 9.15. The monoisotopic (exact) mass is 238 g/mol. The van der Waals surface area contributed by atoms with Crippen molar-refractivity contribution in [3.8, 4) is 0 Å². The Bertz CT molecular complexity index is 225. The highest BCUT2D eigenvalue weighted by Gasteiger charge is 2.26. The normalized spacial score (nSPS) is 17.6. The van der Waals surface area contributed by atoms with Crippen LogP contribution in [0, 0.1) is 0 Å². The number of alkyl halides is 3. The second-order valence-electron chi connectivity index (χ2n) is 3.98. The molecule has 0 saturated carbocycles. The molecule has 0 aromatic carbocycles. The number of carbonyl (C=O) groups is 1. The number of piperidine rings is 1. The third-order valence-electron chi connectivity index (χ3n) is 2.55. The van der Waals surface area contributed by atoms with E-state index in [2.05, 4.69) is 5.32 Å². The van der Waals surface area contributed by atoms with Crippen molar-refractivity contribution in [1.29, 1.82) is 0 Å². The number of carbonyl (C=O) groups excluding carboxylic acids is 1. The van der Waals surface area contributed by atoms with Crippen LogP contribution in [0.1, 0.15) is 25.7 Å². The molecule has 0 bridgehead atoms. The lowest BCUT2D eigenvalue weighted by Crippen LogP contribution is -2.38. The Morgan fingerprint density at radius 1 is 1.19 bits per heavy atom. The van der Waals surface area contributed by atoms with Gasteiger partial charge >= 0.3 is 6.18 Å². The Hall–Kier alpha value is -0.780. The number of nitrogens with zero attached hydrogens (tertiary/aromatic N) is 1. The molecule has 1 aliphatic heterocycles. The van der Waals surface area contributed by atoms with E-state index < -0.39 is 12.7 Å². The van der Waals surface area contributed by atoms with Gasteiger partial charge in [-0.15, -0.1) is 0 Å². The van der Waals surface area contributed by atoms with Crippen molar-refractivity contribution in [3.63, 3.8) is 0 Å². The lowest BCUT2D eigenvalue weighted by Gasteiger charge is -2.26. The Kier molecular flexibility index (Phi) is 5.05. The van der Waals surface area contributed by atoms with Crippen molar-refractivity contribution in [1.82, 2.24) is 10.2 Å². The van der Waals surface area contributed by atoms with Crippen LogP contribution < -0.4 is 5.32 Å². The van der Waals surface area contributed by atoms with Crippen molar-refractivity contribution >= 4 is 5.91 Å². The molecule has 1 rings (SSSR count). The van der Waals surface area contributed by atoms with Crippen molar-refractivity contribution in [3.05, 3.63) is 0 Å². The summed E-state index contributed by atoms with van der Waals surface area (Å²) in [7, 11) is 0. The summed E-state index contributed by atoms with van der Waals surface area (Å²) in [4.78, 5) is 13.3. The fourth-order valence-electron chi connectivity index (χ4n) is 1.73. The maximum atomic E-state index is 11.8. The first kappa shape index (κ1) is 13.3. The third kappa shape index (κ3) is 5.34. The van der Waals surface area contributed by atoms with E-state index in [0.717, 1.165) is 32.4 Å². The lowest BCUT2D eigenvalue weighted by molar-refractivity contribution is -0.133. The summed E-state index contributed by atoms with van der Waals surface area (Å²) in [5, 5.41) is 2.22. The second-order valence-corrected chi connectivity index (χ2v) is 3.98. The average Bonchev–Trinajstić information content (AvgIpc) is 2.24. The summed E-state index contributed by atoms with van der Waals surface area (Å²) >= 11 is 0. The smallest absolute Gasteiger partial charge is 0.343 e. The number of hydrogen-bond acceptors (Lipinski definition) is 2. The van der Waals surface area contributed by atoms with E-state index in [1.165, 1.54) is 0 Å². The van der Waals surface area contributed by atoms with Crippen LogP contribution in [0.15, 0.2) is 0 Å². The van der Waals surface area contributed by atoms with Crippen molar-refractivity contribution in [2.45, 2.75) is 31.9 Å². The van der Waals surface area contributed by atoms with Crippen molar-refractivity contribution in [2.75, 3.05) is 26.2 Å². The minimum Gasteiger partial charge on any atom is -0.343 e. The molecule has 1 amide bonds. The predicted octanol–water partition coefficient (Wildman–Crippen LogP) is 1.54. The zero-order chi connectivity index (χ0) is 12.0. The summed E-state index contributed by atoms with van der Waals surface area (Å²) in [5.41, 5.74) is 0. The molecular weight excluding hydrogens is 221 g/mol. The number of hydrogen-bond donors (Lipinski definition) is 1. The molecule has 1 fully saturated rings. The Labute approximate surface area is 93.0 Å². The molecule has 3 nitrogen and oxygen atoms in total. The first-order valence-corrected chi connectivity index (χ1v) is 5.54. The van der Waals surface area contributed by atoms with E-state index in [1.807, 2.05) is 0 Å². The second kappa shape index (κ2) is 6.08. The summed E-state index contributed by atoms with van der Waals surface area (Å²) in [6.45, 7) is 0.561. The molecular formula is C10H17F3N2O. The Morgan fingerprint density at radius 3 is 2.38 bits per heavy atom. The van der Waals surface area contributed by atoms with E-state index >= 15 is 0 Å². The van der Waals surface area contributed by atoms with Crippen LogP contribution in [0.25, 0.3) is 0 Å². The number of likely N-dealkylation sites (tertiary alicyclic amines) is 1. The molecule has 1 N–H and O–H groups in total.